The van der Waals surface area contributed by atoms with E-state index in [-0.39, 0.29) is 6.04 Å². The highest BCUT2D eigenvalue weighted by Gasteiger charge is 2.22. The number of benzene rings is 1. The topological polar surface area (TPSA) is 34.2 Å². The van der Waals surface area contributed by atoms with Gasteiger partial charge >= 0.3 is 0 Å². The molecule has 0 aliphatic carbocycles. The maximum atomic E-state index is 6.00. The van der Waals surface area contributed by atoms with E-state index in [1.807, 2.05) is 0 Å². The van der Waals surface area contributed by atoms with Crippen LogP contribution in [0.5, 0.6) is 0 Å². The Morgan fingerprint density at radius 2 is 1.84 bits per heavy atom. The van der Waals surface area contributed by atoms with Crippen molar-refractivity contribution >= 4 is 10.9 Å². The van der Waals surface area contributed by atoms with Crippen LogP contribution in [0, 0.1) is 20.8 Å². The molecule has 2 aromatic rings. The summed E-state index contributed by atoms with van der Waals surface area (Å²) in [5.74, 6) is 0. The van der Waals surface area contributed by atoms with E-state index in [4.69, 9.17) is 5.73 Å². The second-order valence-electron chi connectivity index (χ2n) is 5.75. The molecule has 0 spiro atoms. The van der Waals surface area contributed by atoms with Crippen LogP contribution in [0.15, 0.2) is 12.1 Å². The van der Waals surface area contributed by atoms with Crippen LogP contribution < -0.4 is 5.73 Å². The highest BCUT2D eigenvalue weighted by molar-refractivity contribution is 5.89. The van der Waals surface area contributed by atoms with Gasteiger partial charge in [0, 0.05) is 30.7 Å². The first-order valence-corrected chi connectivity index (χ1v) is 6.81. The molecule has 0 aliphatic heterocycles. The fourth-order valence-electron chi connectivity index (χ4n) is 3.16. The van der Waals surface area contributed by atoms with Crippen LogP contribution in [-0.4, -0.2) is 30.1 Å². The summed E-state index contributed by atoms with van der Waals surface area (Å²) in [6, 6.07) is 4.81. The largest absolute Gasteiger partial charge is 0.347 e. The van der Waals surface area contributed by atoms with Crippen LogP contribution in [0.4, 0.5) is 0 Å². The number of hydrogen-bond donors (Lipinski definition) is 1. The molecule has 104 valence electrons. The first-order valence-electron chi connectivity index (χ1n) is 6.81. The molecule has 0 bridgehead atoms. The summed E-state index contributed by atoms with van der Waals surface area (Å²) in [6.07, 6.45) is 0. The molecular formula is C16H25N3. The maximum absolute atomic E-state index is 6.00. The van der Waals surface area contributed by atoms with Crippen molar-refractivity contribution in [3.8, 4) is 0 Å². The maximum Gasteiger partial charge on any atom is 0.0513 e. The standard InChI is InChI=1S/C16H25N3/c1-10-7-11(2)16-13(8-10)15(12(3)19(16)6)14(9-17)18(4)5/h7-8,14H,9,17H2,1-6H3. The third-order valence-electron chi connectivity index (χ3n) is 4.14. The molecule has 0 saturated heterocycles. The second-order valence-corrected chi connectivity index (χ2v) is 5.75. The van der Waals surface area contributed by atoms with Crippen molar-refractivity contribution in [2.45, 2.75) is 26.8 Å². The zero-order valence-corrected chi connectivity index (χ0v) is 12.9. The minimum atomic E-state index is 0.268. The van der Waals surface area contributed by atoms with Crippen LogP contribution in [0.3, 0.4) is 0 Å². The van der Waals surface area contributed by atoms with Crippen LogP contribution in [0.25, 0.3) is 10.9 Å². The predicted octanol–water partition coefficient (Wildman–Crippen LogP) is 2.66. The highest BCUT2D eigenvalue weighted by Crippen LogP contribution is 2.34. The summed E-state index contributed by atoms with van der Waals surface area (Å²) in [4.78, 5) is 2.21. The van der Waals surface area contributed by atoms with E-state index in [2.05, 4.69) is 63.5 Å². The minimum Gasteiger partial charge on any atom is -0.347 e. The number of nitrogens with zero attached hydrogens (tertiary/aromatic N) is 2. The average Bonchev–Trinajstić information content (AvgIpc) is 2.54. The lowest BCUT2D eigenvalue weighted by Crippen LogP contribution is -2.27. The summed E-state index contributed by atoms with van der Waals surface area (Å²) in [7, 11) is 6.34. The summed E-state index contributed by atoms with van der Waals surface area (Å²) in [5.41, 5.74) is 12.7. The third kappa shape index (κ3) is 2.17. The lowest BCUT2D eigenvalue weighted by Gasteiger charge is -2.23. The van der Waals surface area contributed by atoms with Gasteiger partial charge in [0.2, 0.25) is 0 Å². The molecule has 0 fully saturated rings. The first kappa shape index (κ1) is 14.1. The van der Waals surface area contributed by atoms with Gasteiger partial charge in [-0.1, -0.05) is 11.6 Å². The molecule has 1 heterocycles. The Morgan fingerprint density at radius 3 is 2.37 bits per heavy atom. The fourth-order valence-corrected chi connectivity index (χ4v) is 3.16. The van der Waals surface area contributed by atoms with Gasteiger partial charge in [-0.25, -0.2) is 0 Å². The Labute approximate surface area is 116 Å². The van der Waals surface area contributed by atoms with E-state index in [1.165, 1.54) is 33.3 Å². The molecule has 1 unspecified atom stereocenters. The zero-order chi connectivity index (χ0) is 14.3. The zero-order valence-electron chi connectivity index (χ0n) is 12.9. The summed E-state index contributed by atoms with van der Waals surface area (Å²) in [5, 5.41) is 1.35. The van der Waals surface area contributed by atoms with Gasteiger partial charge in [-0.05, 0) is 52.1 Å². The van der Waals surface area contributed by atoms with Gasteiger partial charge in [0.15, 0.2) is 0 Å². The van der Waals surface area contributed by atoms with Crippen LogP contribution in [0.2, 0.25) is 0 Å². The molecule has 3 heteroatoms. The van der Waals surface area contributed by atoms with Crippen molar-refractivity contribution in [1.29, 1.82) is 0 Å². The van der Waals surface area contributed by atoms with Crippen LogP contribution >= 0.6 is 0 Å². The number of fused-ring (bicyclic) bond motifs is 1. The Hall–Kier alpha value is -1.32. The summed E-state index contributed by atoms with van der Waals surface area (Å²) in [6.45, 7) is 7.17. The Morgan fingerprint density at radius 1 is 1.21 bits per heavy atom. The fraction of sp³-hybridized carbons (Fsp3) is 0.500. The highest BCUT2D eigenvalue weighted by atomic mass is 15.1. The van der Waals surface area contributed by atoms with Crippen LogP contribution in [-0.2, 0) is 7.05 Å². The van der Waals surface area contributed by atoms with Gasteiger partial charge in [0.05, 0.1) is 5.52 Å². The molecule has 3 nitrogen and oxygen atoms in total. The average molecular weight is 259 g/mol. The summed E-state index contributed by atoms with van der Waals surface area (Å²) < 4.78 is 2.30. The minimum absolute atomic E-state index is 0.268. The number of nitrogens with two attached hydrogens (primary N) is 1. The molecule has 19 heavy (non-hydrogen) atoms. The molecule has 1 aromatic heterocycles. The number of aromatic nitrogens is 1. The van der Waals surface area contributed by atoms with Crippen molar-refractivity contribution < 1.29 is 0 Å². The van der Waals surface area contributed by atoms with Crippen molar-refractivity contribution in [2.24, 2.45) is 12.8 Å². The summed E-state index contributed by atoms with van der Waals surface area (Å²) >= 11 is 0. The molecule has 2 N–H and O–H groups in total. The Kier molecular flexibility index (Phi) is 3.70. The van der Waals surface area contributed by atoms with E-state index >= 15 is 0 Å². The molecule has 0 saturated carbocycles. The van der Waals surface area contributed by atoms with E-state index in [0.29, 0.717) is 6.54 Å². The molecule has 1 aromatic carbocycles. The van der Waals surface area contributed by atoms with Gasteiger partial charge in [0.1, 0.15) is 0 Å². The van der Waals surface area contributed by atoms with Gasteiger partial charge in [-0.3, -0.25) is 0 Å². The molecule has 2 rings (SSSR count). The predicted molar refractivity (Wildman–Crippen MR) is 82.6 cm³/mol. The number of likely N-dealkylation sites (N-methyl/N-ethyl adjacent to an activating group) is 1. The SMILES string of the molecule is Cc1cc(C)c2c(c1)c(C(CN)N(C)C)c(C)n2C. The normalized spacial score (nSPS) is 13.5. The second kappa shape index (κ2) is 4.99. The number of rotatable bonds is 3. The van der Waals surface area contributed by atoms with E-state index in [0.717, 1.165) is 0 Å². The van der Waals surface area contributed by atoms with Gasteiger partial charge in [0.25, 0.3) is 0 Å². The third-order valence-corrected chi connectivity index (χ3v) is 4.14. The smallest absolute Gasteiger partial charge is 0.0513 e. The Bertz CT molecular complexity index is 608. The molecule has 0 aliphatic rings. The van der Waals surface area contributed by atoms with E-state index < -0.39 is 0 Å². The Balaban J connectivity index is 2.84. The van der Waals surface area contributed by atoms with E-state index in [1.54, 1.807) is 0 Å². The van der Waals surface area contributed by atoms with Crippen molar-refractivity contribution in [2.75, 3.05) is 20.6 Å². The lowest BCUT2D eigenvalue weighted by atomic mass is 9.99. The van der Waals surface area contributed by atoms with Crippen molar-refractivity contribution in [3.63, 3.8) is 0 Å². The van der Waals surface area contributed by atoms with E-state index in [9.17, 15) is 0 Å². The molecule has 1 atom stereocenters. The molecule has 0 amide bonds. The van der Waals surface area contributed by atoms with Gasteiger partial charge in [-0.15, -0.1) is 0 Å². The van der Waals surface area contributed by atoms with Crippen molar-refractivity contribution in [3.05, 3.63) is 34.5 Å². The number of hydrogen-bond acceptors (Lipinski definition) is 2. The van der Waals surface area contributed by atoms with Crippen molar-refractivity contribution in [1.82, 2.24) is 9.47 Å². The first-order chi connectivity index (χ1) is 8.88. The quantitative estimate of drug-likeness (QED) is 0.919. The lowest BCUT2D eigenvalue weighted by molar-refractivity contribution is 0.306. The van der Waals surface area contributed by atoms with Gasteiger partial charge < -0.3 is 15.2 Å². The van der Waals surface area contributed by atoms with Gasteiger partial charge in [-0.2, -0.15) is 0 Å². The molecule has 0 radical (unpaired) electrons. The van der Waals surface area contributed by atoms with Crippen LogP contribution in [0.1, 0.15) is 28.4 Å². The molecular weight excluding hydrogens is 234 g/mol. The monoisotopic (exact) mass is 259 g/mol. The number of aryl methyl sites for hydroxylation is 3.